The fourth-order valence-electron chi connectivity index (χ4n) is 9.15. The first-order chi connectivity index (χ1) is 32.0. The number of hydrogen-bond acceptors (Lipinski definition) is 6. The van der Waals surface area contributed by atoms with Crippen LogP contribution in [0.4, 0.5) is 0 Å². The number of hydrogen-bond donors (Lipinski definition) is 0. The smallest absolute Gasteiger partial charge is 0.306 e. The van der Waals surface area contributed by atoms with Gasteiger partial charge in [-0.25, -0.2) is 0 Å². The van der Waals surface area contributed by atoms with E-state index in [1.807, 2.05) is 0 Å². The molecule has 0 aromatic rings. The maximum Gasteiger partial charge on any atom is 0.306 e. The highest BCUT2D eigenvalue weighted by molar-refractivity contribution is 5.71. The molecule has 0 aliphatic rings. The number of esters is 3. The van der Waals surface area contributed by atoms with Gasteiger partial charge >= 0.3 is 17.9 Å². The second kappa shape index (κ2) is 55.0. The second-order valence-electron chi connectivity index (χ2n) is 20.3. The van der Waals surface area contributed by atoms with Gasteiger partial charge in [0.25, 0.3) is 0 Å². The molecular formula is C59H114O6. The molecule has 6 heteroatoms. The van der Waals surface area contributed by atoms with Gasteiger partial charge in [0, 0.05) is 19.3 Å². The normalized spacial score (nSPS) is 11.9. The number of ether oxygens (including phenoxy) is 3. The summed E-state index contributed by atoms with van der Waals surface area (Å²) in [6, 6.07) is 0. The Bertz CT molecular complexity index is 967. The van der Waals surface area contributed by atoms with Gasteiger partial charge in [-0.2, -0.15) is 0 Å². The van der Waals surface area contributed by atoms with E-state index in [4.69, 9.17) is 14.2 Å². The van der Waals surface area contributed by atoms with Gasteiger partial charge in [-0.3, -0.25) is 14.4 Å². The van der Waals surface area contributed by atoms with Crippen molar-refractivity contribution in [3.05, 3.63) is 0 Å². The van der Waals surface area contributed by atoms with Crippen molar-refractivity contribution in [1.29, 1.82) is 0 Å². The molecule has 386 valence electrons. The Morgan fingerprint density at radius 2 is 0.415 bits per heavy atom. The van der Waals surface area contributed by atoms with Crippen molar-refractivity contribution < 1.29 is 28.6 Å². The van der Waals surface area contributed by atoms with Gasteiger partial charge in [0.2, 0.25) is 0 Å². The average molecular weight is 920 g/mol. The molecule has 0 amide bonds. The first kappa shape index (κ1) is 63.4. The zero-order valence-electron chi connectivity index (χ0n) is 44.3. The summed E-state index contributed by atoms with van der Waals surface area (Å²) in [5.41, 5.74) is 0. The Balaban J connectivity index is 4.27. The van der Waals surface area contributed by atoms with Crippen LogP contribution in [0, 0.1) is 0 Å². The Morgan fingerprint density at radius 1 is 0.246 bits per heavy atom. The molecule has 0 aromatic heterocycles. The first-order valence-electron chi connectivity index (χ1n) is 29.5. The van der Waals surface area contributed by atoms with E-state index in [9.17, 15) is 14.4 Å². The van der Waals surface area contributed by atoms with Crippen LogP contribution in [0.5, 0.6) is 0 Å². The molecule has 1 atom stereocenters. The predicted molar refractivity (Wildman–Crippen MR) is 280 cm³/mol. The molecule has 6 nitrogen and oxygen atoms in total. The van der Waals surface area contributed by atoms with E-state index in [1.165, 1.54) is 244 Å². The molecule has 0 N–H and O–H groups in total. The summed E-state index contributed by atoms with van der Waals surface area (Å²) < 4.78 is 16.9. The summed E-state index contributed by atoms with van der Waals surface area (Å²) in [6.07, 6.45) is 60.9. The number of rotatable bonds is 55. The van der Waals surface area contributed by atoms with Crippen LogP contribution >= 0.6 is 0 Å². The summed E-state index contributed by atoms with van der Waals surface area (Å²) in [6.45, 7) is 6.71. The maximum atomic E-state index is 12.8. The lowest BCUT2D eigenvalue weighted by Gasteiger charge is -2.18. The van der Waals surface area contributed by atoms with Crippen LogP contribution in [-0.2, 0) is 28.6 Å². The van der Waals surface area contributed by atoms with E-state index >= 15 is 0 Å². The first-order valence-corrected chi connectivity index (χ1v) is 29.5. The van der Waals surface area contributed by atoms with Crippen molar-refractivity contribution in [2.45, 2.75) is 348 Å². The van der Waals surface area contributed by atoms with Crippen LogP contribution in [0.15, 0.2) is 0 Å². The minimum atomic E-state index is -0.761. The summed E-state index contributed by atoms with van der Waals surface area (Å²) in [7, 11) is 0. The van der Waals surface area contributed by atoms with Crippen LogP contribution in [0.1, 0.15) is 342 Å². The summed E-state index contributed by atoms with van der Waals surface area (Å²) >= 11 is 0. The molecule has 65 heavy (non-hydrogen) atoms. The highest BCUT2D eigenvalue weighted by Gasteiger charge is 2.19. The lowest BCUT2D eigenvalue weighted by atomic mass is 10.0. The Labute approximate surface area is 406 Å². The van der Waals surface area contributed by atoms with E-state index in [0.29, 0.717) is 19.3 Å². The summed E-state index contributed by atoms with van der Waals surface area (Å²) in [4.78, 5) is 38.1. The maximum absolute atomic E-state index is 12.8. The standard InChI is InChI=1S/C59H114O6/c1-4-7-10-13-16-19-22-25-27-29-30-32-34-37-40-43-46-49-52-58(61)64-55-56(54-63-57(60)51-48-45-42-39-36-33-24-21-18-15-12-9-6-3)65-59(62)53-50-47-44-41-38-35-31-28-26-23-20-17-14-11-8-5-2/h56H,4-55H2,1-3H3. The number of unbranched alkanes of at least 4 members (excludes halogenated alkanes) is 44. The van der Waals surface area contributed by atoms with Gasteiger partial charge in [0.1, 0.15) is 13.2 Å². The fraction of sp³-hybridized carbons (Fsp3) is 0.949. The fourth-order valence-corrected chi connectivity index (χ4v) is 9.15. The second-order valence-corrected chi connectivity index (χ2v) is 20.3. The van der Waals surface area contributed by atoms with Gasteiger partial charge < -0.3 is 14.2 Å². The number of carbonyl (C=O) groups is 3. The van der Waals surface area contributed by atoms with Crippen molar-refractivity contribution >= 4 is 17.9 Å². The molecule has 0 saturated heterocycles. The zero-order chi connectivity index (χ0) is 47.2. The van der Waals surface area contributed by atoms with Crippen molar-refractivity contribution in [3.63, 3.8) is 0 Å². The molecule has 0 saturated carbocycles. The molecule has 0 rings (SSSR count). The summed E-state index contributed by atoms with van der Waals surface area (Å²) in [5.74, 6) is -0.830. The molecule has 0 radical (unpaired) electrons. The lowest BCUT2D eigenvalue weighted by molar-refractivity contribution is -0.167. The lowest BCUT2D eigenvalue weighted by Crippen LogP contribution is -2.30. The van der Waals surface area contributed by atoms with Crippen molar-refractivity contribution in [2.75, 3.05) is 13.2 Å². The third kappa shape index (κ3) is 53.2. The quantitative estimate of drug-likeness (QED) is 0.0344. The predicted octanol–water partition coefficient (Wildman–Crippen LogP) is 19.5. The van der Waals surface area contributed by atoms with Crippen molar-refractivity contribution in [1.82, 2.24) is 0 Å². The molecule has 0 aromatic carbocycles. The average Bonchev–Trinajstić information content (AvgIpc) is 3.30. The van der Waals surface area contributed by atoms with Crippen molar-refractivity contribution in [2.24, 2.45) is 0 Å². The molecule has 0 aliphatic carbocycles. The van der Waals surface area contributed by atoms with E-state index < -0.39 is 6.10 Å². The van der Waals surface area contributed by atoms with Crippen molar-refractivity contribution in [3.8, 4) is 0 Å². The summed E-state index contributed by atoms with van der Waals surface area (Å²) in [5, 5.41) is 0. The van der Waals surface area contributed by atoms with Gasteiger partial charge in [-0.05, 0) is 19.3 Å². The van der Waals surface area contributed by atoms with E-state index in [0.717, 1.165) is 57.8 Å². The largest absolute Gasteiger partial charge is 0.462 e. The molecule has 0 spiro atoms. The molecular weight excluding hydrogens is 805 g/mol. The van der Waals surface area contributed by atoms with Crippen LogP contribution < -0.4 is 0 Å². The minimum Gasteiger partial charge on any atom is -0.462 e. The minimum absolute atomic E-state index is 0.0609. The zero-order valence-corrected chi connectivity index (χ0v) is 44.3. The molecule has 0 aliphatic heterocycles. The number of carbonyl (C=O) groups excluding carboxylic acids is 3. The molecule has 0 fully saturated rings. The molecule has 0 bridgehead atoms. The highest BCUT2D eigenvalue weighted by Crippen LogP contribution is 2.18. The molecule has 0 heterocycles. The van der Waals surface area contributed by atoms with Crippen LogP contribution in [-0.4, -0.2) is 37.2 Å². The van der Waals surface area contributed by atoms with Gasteiger partial charge in [0.05, 0.1) is 0 Å². The SMILES string of the molecule is CCCCCCCCCCCCCCCCCCCCC(=O)OCC(COC(=O)CCCCCCCCCCCCCCC)OC(=O)CCCCCCCCCCCCCCCCCC. The molecule has 1 unspecified atom stereocenters. The van der Waals surface area contributed by atoms with Crippen LogP contribution in [0.3, 0.4) is 0 Å². The Kier molecular flexibility index (Phi) is 53.7. The monoisotopic (exact) mass is 919 g/mol. The van der Waals surface area contributed by atoms with E-state index in [1.54, 1.807) is 0 Å². The van der Waals surface area contributed by atoms with Gasteiger partial charge in [-0.1, -0.05) is 303 Å². The van der Waals surface area contributed by atoms with Gasteiger partial charge in [-0.15, -0.1) is 0 Å². The third-order valence-electron chi connectivity index (χ3n) is 13.6. The van der Waals surface area contributed by atoms with Crippen LogP contribution in [0.2, 0.25) is 0 Å². The Morgan fingerprint density at radius 3 is 0.615 bits per heavy atom. The Hall–Kier alpha value is -1.59. The third-order valence-corrected chi connectivity index (χ3v) is 13.6. The van der Waals surface area contributed by atoms with E-state index in [-0.39, 0.29) is 31.1 Å². The van der Waals surface area contributed by atoms with E-state index in [2.05, 4.69) is 20.8 Å². The van der Waals surface area contributed by atoms with Crippen LogP contribution in [0.25, 0.3) is 0 Å². The van der Waals surface area contributed by atoms with Gasteiger partial charge in [0.15, 0.2) is 6.10 Å². The highest BCUT2D eigenvalue weighted by atomic mass is 16.6. The topological polar surface area (TPSA) is 78.9 Å².